The summed E-state index contributed by atoms with van der Waals surface area (Å²) < 4.78 is 45.5. The number of nitrogens with zero attached hydrogens (tertiary/aromatic N) is 2. The number of pyridine rings is 1. The molecule has 0 aliphatic carbocycles. The number of hydrogen-bond donors (Lipinski definition) is 2. The standard InChI is InChI=1S/C19H19ClN2O4S2/c1-13-6-7-16-15(10-13)18(28(20,25)26)11-19(21-16)22-8-9-27(23,24)17-5-3-2-4-14(17)12-22/h2-7,10-11,23-24H,8-9,12H2,1H3. The normalized spacial score (nSPS) is 17.8. The summed E-state index contributed by atoms with van der Waals surface area (Å²) in [6, 6.07) is 14.0. The third-order valence-electron chi connectivity index (χ3n) is 4.83. The van der Waals surface area contributed by atoms with E-state index < -0.39 is 19.6 Å². The summed E-state index contributed by atoms with van der Waals surface area (Å²) >= 11 is 0. The molecule has 1 aromatic heterocycles. The van der Waals surface area contributed by atoms with Crippen LogP contribution in [0.4, 0.5) is 5.82 Å². The van der Waals surface area contributed by atoms with Crippen LogP contribution in [0.3, 0.4) is 0 Å². The van der Waals surface area contributed by atoms with Gasteiger partial charge in [0, 0.05) is 35.2 Å². The fourth-order valence-electron chi connectivity index (χ4n) is 3.44. The van der Waals surface area contributed by atoms with Crippen LogP contribution in [0.2, 0.25) is 0 Å². The summed E-state index contributed by atoms with van der Waals surface area (Å²) in [5.41, 5.74) is 2.20. The third-order valence-corrected chi connectivity index (χ3v) is 8.05. The zero-order valence-corrected chi connectivity index (χ0v) is 17.4. The number of rotatable bonds is 2. The van der Waals surface area contributed by atoms with Crippen molar-refractivity contribution in [2.24, 2.45) is 0 Å². The molecule has 0 saturated carbocycles. The lowest BCUT2D eigenvalue weighted by molar-refractivity contribution is 0.488. The van der Waals surface area contributed by atoms with Crippen molar-refractivity contribution >= 4 is 47.0 Å². The van der Waals surface area contributed by atoms with E-state index in [2.05, 4.69) is 4.98 Å². The molecule has 148 valence electrons. The Morgan fingerprint density at radius 3 is 2.64 bits per heavy atom. The van der Waals surface area contributed by atoms with Crippen LogP contribution in [-0.2, 0) is 15.6 Å². The van der Waals surface area contributed by atoms with Crippen molar-refractivity contribution in [2.75, 3.05) is 17.2 Å². The highest BCUT2D eigenvalue weighted by atomic mass is 35.7. The van der Waals surface area contributed by atoms with Crippen molar-refractivity contribution in [1.29, 1.82) is 0 Å². The largest absolute Gasteiger partial charge is 0.351 e. The van der Waals surface area contributed by atoms with Gasteiger partial charge in [-0.3, -0.25) is 9.11 Å². The van der Waals surface area contributed by atoms with E-state index in [1.165, 1.54) is 6.07 Å². The number of aromatic nitrogens is 1. The van der Waals surface area contributed by atoms with E-state index in [4.69, 9.17) is 10.7 Å². The van der Waals surface area contributed by atoms with Crippen molar-refractivity contribution in [3.8, 4) is 0 Å². The van der Waals surface area contributed by atoms with Crippen molar-refractivity contribution in [2.45, 2.75) is 23.3 Å². The number of benzene rings is 2. The maximum Gasteiger partial charge on any atom is 0.262 e. The Hall–Kier alpha value is -1.84. The van der Waals surface area contributed by atoms with E-state index in [9.17, 15) is 17.5 Å². The fraction of sp³-hybridized carbons (Fsp3) is 0.211. The van der Waals surface area contributed by atoms with Crippen LogP contribution >= 0.6 is 21.3 Å². The highest BCUT2D eigenvalue weighted by Gasteiger charge is 2.27. The zero-order valence-electron chi connectivity index (χ0n) is 15.0. The van der Waals surface area contributed by atoms with Gasteiger partial charge in [-0.2, -0.15) is 10.6 Å². The molecule has 9 heteroatoms. The first kappa shape index (κ1) is 19.5. The Morgan fingerprint density at radius 2 is 1.89 bits per heavy atom. The summed E-state index contributed by atoms with van der Waals surface area (Å²) in [5, 5.41) is 0.471. The van der Waals surface area contributed by atoms with Crippen molar-refractivity contribution in [3.63, 3.8) is 0 Å². The van der Waals surface area contributed by atoms with Gasteiger partial charge in [0.1, 0.15) is 5.82 Å². The van der Waals surface area contributed by atoms with Gasteiger partial charge in [-0.05, 0) is 30.7 Å². The summed E-state index contributed by atoms with van der Waals surface area (Å²) in [6.45, 7) is 2.58. The van der Waals surface area contributed by atoms with Gasteiger partial charge < -0.3 is 4.90 Å². The summed E-state index contributed by atoms with van der Waals surface area (Å²) in [5.74, 6) is 0.572. The van der Waals surface area contributed by atoms with Gasteiger partial charge in [0.15, 0.2) is 0 Å². The first-order valence-corrected chi connectivity index (χ1v) is 12.6. The van der Waals surface area contributed by atoms with Crippen LogP contribution in [0.1, 0.15) is 11.1 Å². The minimum Gasteiger partial charge on any atom is -0.351 e. The first-order valence-electron chi connectivity index (χ1n) is 8.60. The van der Waals surface area contributed by atoms with Crippen LogP contribution in [-0.4, -0.2) is 34.8 Å². The Bertz CT molecular complexity index is 1180. The molecule has 0 fully saturated rings. The van der Waals surface area contributed by atoms with Crippen LogP contribution in [0.25, 0.3) is 10.9 Å². The predicted octanol–water partition coefficient (Wildman–Crippen LogP) is 4.60. The molecular formula is C19H19ClN2O4S2. The molecule has 0 radical (unpaired) electrons. The van der Waals surface area contributed by atoms with Gasteiger partial charge in [-0.25, -0.2) is 13.4 Å². The molecular weight excluding hydrogens is 420 g/mol. The first-order chi connectivity index (χ1) is 13.1. The molecule has 1 aliphatic rings. The van der Waals surface area contributed by atoms with Gasteiger partial charge in [0.2, 0.25) is 0 Å². The molecule has 2 heterocycles. The molecule has 6 nitrogen and oxygen atoms in total. The van der Waals surface area contributed by atoms with Crippen molar-refractivity contribution < 1.29 is 17.5 Å². The molecule has 0 atom stereocenters. The second kappa shape index (κ2) is 6.89. The Morgan fingerprint density at radius 1 is 1.14 bits per heavy atom. The number of fused-ring (bicyclic) bond motifs is 2. The lowest BCUT2D eigenvalue weighted by Crippen LogP contribution is -2.26. The smallest absolute Gasteiger partial charge is 0.262 e. The Kier molecular flexibility index (Phi) is 4.79. The second-order valence-corrected chi connectivity index (χ2v) is 11.6. The maximum absolute atomic E-state index is 12.2. The topological polar surface area (TPSA) is 90.7 Å². The lowest BCUT2D eigenvalue weighted by Gasteiger charge is -2.32. The quantitative estimate of drug-likeness (QED) is 0.568. The molecule has 0 unspecified atom stereocenters. The van der Waals surface area contributed by atoms with Gasteiger partial charge >= 0.3 is 0 Å². The zero-order chi connectivity index (χ0) is 20.1. The van der Waals surface area contributed by atoms with Crippen LogP contribution in [0.15, 0.2) is 58.3 Å². The number of aryl methyl sites for hydroxylation is 1. The van der Waals surface area contributed by atoms with Crippen LogP contribution in [0, 0.1) is 6.92 Å². The van der Waals surface area contributed by atoms with Crippen LogP contribution in [0.5, 0.6) is 0 Å². The molecule has 4 rings (SSSR count). The van der Waals surface area contributed by atoms with E-state index in [1.807, 2.05) is 30.0 Å². The fourth-order valence-corrected chi connectivity index (χ4v) is 6.04. The third kappa shape index (κ3) is 3.58. The number of hydrogen-bond acceptors (Lipinski definition) is 6. The SMILES string of the molecule is Cc1ccc2nc(N3CCS(O)(O)c4ccccc4C3)cc(S(=O)(=O)Cl)c2c1. The highest BCUT2D eigenvalue weighted by molar-refractivity contribution is 8.24. The number of halogens is 1. The number of anilines is 1. The molecule has 1 aliphatic heterocycles. The Labute approximate surface area is 169 Å². The van der Waals surface area contributed by atoms with E-state index in [0.717, 1.165) is 11.1 Å². The van der Waals surface area contributed by atoms with Crippen LogP contribution < -0.4 is 4.90 Å². The lowest BCUT2D eigenvalue weighted by atomic mass is 10.1. The molecule has 0 spiro atoms. The summed E-state index contributed by atoms with van der Waals surface area (Å²) in [7, 11) is -1.20. The molecule has 0 saturated heterocycles. The molecule has 0 bridgehead atoms. The molecule has 3 aromatic rings. The van der Waals surface area contributed by atoms with E-state index in [1.54, 1.807) is 24.3 Å². The van der Waals surface area contributed by atoms with E-state index >= 15 is 0 Å². The molecule has 0 amide bonds. The van der Waals surface area contributed by atoms with E-state index in [-0.39, 0.29) is 10.6 Å². The van der Waals surface area contributed by atoms with Crippen molar-refractivity contribution in [3.05, 3.63) is 59.7 Å². The van der Waals surface area contributed by atoms with Gasteiger partial charge in [0.05, 0.1) is 21.1 Å². The molecule has 28 heavy (non-hydrogen) atoms. The summed E-state index contributed by atoms with van der Waals surface area (Å²) in [4.78, 5) is 7.01. The average molecular weight is 439 g/mol. The second-order valence-electron chi connectivity index (χ2n) is 6.84. The van der Waals surface area contributed by atoms with Gasteiger partial charge in [0.25, 0.3) is 9.05 Å². The maximum atomic E-state index is 12.2. The molecule has 2 N–H and O–H groups in total. The highest BCUT2D eigenvalue weighted by Crippen LogP contribution is 2.51. The van der Waals surface area contributed by atoms with Gasteiger partial charge in [-0.15, -0.1) is 0 Å². The Balaban J connectivity index is 1.87. The van der Waals surface area contributed by atoms with Gasteiger partial charge in [-0.1, -0.05) is 29.8 Å². The summed E-state index contributed by atoms with van der Waals surface area (Å²) in [6.07, 6.45) is 0. The minimum atomic E-state index is -3.99. The monoisotopic (exact) mass is 438 g/mol. The minimum absolute atomic E-state index is 0.00186. The van der Waals surface area contributed by atoms with Crippen molar-refractivity contribution in [1.82, 2.24) is 4.98 Å². The van der Waals surface area contributed by atoms with E-state index in [0.29, 0.717) is 34.7 Å². The average Bonchev–Trinajstić information content (AvgIpc) is 2.76. The predicted molar refractivity (Wildman–Crippen MR) is 113 cm³/mol. The molecule has 2 aromatic carbocycles.